The van der Waals surface area contributed by atoms with E-state index in [9.17, 15) is 0 Å². The van der Waals surface area contributed by atoms with Crippen LogP contribution in [-0.2, 0) is 0 Å². The minimum Gasteiger partial charge on any atom is -0.493 e. The summed E-state index contributed by atoms with van der Waals surface area (Å²) in [5.74, 6) is 3.76. The Morgan fingerprint density at radius 1 is 1.28 bits per heavy atom. The number of rotatable bonds is 3. The van der Waals surface area contributed by atoms with Crippen LogP contribution >= 0.6 is 11.8 Å². The van der Waals surface area contributed by atoms with Crippen molar-refractivity contribution in [3.8, 4) is 11.5 Å². The third-order valence-electron chi connectivity index (χ3n) is 3.24. The van der Waals surface area contributed by atoms with Crippen LogP contribution in [0.4, 0.5) is 0 Å². The molecule has 1 aliphatic rings. The minimum absolute atomic E-state index is 0.509. The molecule has 1 aromatic carbocycles. The normalized spacial score (nSPS) is 19.3. The highest BCUT2D eigenvalue weighted by Gasteiger charge is 2.21. The Bertz CT molecular complexity index is 520. The SMILES string of the molecule is COc1cc2nc(C3CCCS3)[nH]c2cc1OC. The zero-order valence-electron chi connectivity index (χ0n) is 10.5. The Labute approximate surface area is 110 Å². The molecule has 1 saturated heterocycles. The van der Waals surface area contributed by atoms with Crippen molar-refractivity contribution in [2.24, 2.45) is 0 Å². The smallest absolute Gasteiger partial charge is 0.163 e. The molecule has 1 aliphatic heterocycles. The topological polar surface area (TPSA) is 47.1 Å². The van der Waals surface area contributed by atoms with Gasteiger partial charge in [-0.25, -0.2) is 4.98 Å². The van der Waals surface area contributed by atoms with E-state index in [4.69, 9.17) is 9.47 Å². The number of aromatic amines is 1. The van der Waals surface area contributed by atoms with Gasteiger partial charge in [0.2, 0.25) is 0 Å². The van der Waals surface area contributed by atoms with E-state index < -0.39 is 0 Å². The molecule has 1 N–H and O–H groups in total. The number of imidazole rings is 1. The summed E-state index contributed by atoms with van der Waals surface area (Å²) in [5.41, 5.74) is 1.95. The van der Waals surface area contributed by atoms with E-state index in [1.807, 2.05) is 23.9 Å². The summed E-state index contributed by atoms with van der Waals surface area (Å²) in [6, 6.07) is 3.87. The third-order valence-corrected chi connectivity index (χ3v) is 4.63. The Morgan fingerprint density at radius 2 is 2.06 bits per heavy atom. The second kappa shape index (κ2) is 4.72. The number of nitrogens with zero attached hydrogens (tertiary/aromatic N) is 1. The van der Waals surface area contributed by atoms with Crippen molar-refractivity contribution in [3.05, 3.63) is 18.0 Å². The molecule has 1 aromatic heterocycles. The van der Waals surface area contributed by atoms with Crippen molar-refractivity contribution >= 4 is 22.8 Å². The lowest BCUT2D eigenvalue weighted by Gasteiger charge is -2.06. The Kier molecular flexibility index (Phi) is 3.07. The second-order valence-electron chi connectivity index (χ2n) is 4.35. The molecule has 4 nitrogen and oxygen atoms in total. The van der Waals surface area contributed by atoms with Gasteiger partial charge >= 0.3 is 0 Å². The molecule has 2 aromatic rings. The van der Waals surface area contributed by atoms with Gasteiger partial charge in [0.25, 0.3) is 0 Å². The zero-order chi connectivity index (χ0) is 12.5. The molecule has 2 heterocycles. The first-order valence-corrected chi connectivity index (χ1v) is 7.10. The Morgan fingerprint density at radius 3 is 2.72 bits per heavy atom. The fourth-order valence-corrected chi connectivity index (χ4v) is 3.52. The summed E-state index contributed by atoms with van der Waals surface area (Å²) in [4.78, 5) is 8.06. The molecule has 1 fully saturated rings. The summed E-state index contributed by atoms with van der Waals surface area (Å²) in [5, 5.41) is 0.509. The average Bonchev–Trinajstić information content (AvgIpc) is 3.04. The van der Waals surface area contributed by atoms with E-state index in [0.717, 1.165) is 28.4 Å². The lowest BCUT2D eigenvalue weighted by Crippen LogP contribution is -1.90. The van der Waals surface area contributed by atoms with Crippen LogP contribution in [0, 0.1) is 0 Å². The van der Waals surface area contributed by atoms with Gasteiger partial charge in [-0.1, -0.05) is 0 Å². The number of H-pyrrole nitrogens is 1. The lowest BCUT2D eigenvalue weighted by atomic mass is 10.2. The number of nitrogens with one attached hydrogen (secondary N) is 1. The van der Waals surface area contributed by atoms with Crippen LogP contribution in [-0.4, -0.2) is 29.9 Å². The summed E-state index contributed by atoms with van der Waals surface area (Å²) < 4.78 is 10.6. The van der Waals surface area contributed by atoms with Crippen molar-refractivity contribution in [1.82, 2.24) is 9.97 Å². The molecule has 5 heteroatoms. The van der Waals surface area contributed by atoms with Gasteiger partial charge in [-0.2, -0.15) is 11.8 Å². The molecule has 0 spiro atoms. The highest BCUT2D eigenvalue weighted by atomic mass is 32.2. The Balaban J connectivity index is 2.05. The van der Waals surface area contributed by atoms with Crippen LogP contribution in [0.5, 0.6) is 11.5 Å². The first-order valence-electron chi connectivity index (χ1n) is 6.05. The van der Waals surface area contributed by atoms with Gasteiger partial charge < -0.3 is 14.5 Å². The quantitative estimate of drug-likeness (QED) is 0.925. The molecule has 96 valence electrons. The third kappa shape index (κ3) is 1.92. The molecule has 0 bridgehead atoms. The van der Waals surface area contributed by atoms with Gasteiger partial charge in [0.1, 0.15) is 5.82 Å². The maximum atomic E-state index is 5.30. The first-order chi connectivity index (χ1) is 8.81. The van der Waals surface area contributed by atoms with E-state index in [1.54, 1.807) is 14.2 Å². The summed E-state index contributed by atoms with van der Waals surface area (Å²) in [6.07, 6.45) is 2.48. The number of aromatic nitrogens is 2. The summed E-state index contributed by atoms with van der Waals surface area (Å²) in [6.45, 7) is 0. The molecular formula is C13H16N2O2S. The number of thioether (sulfide) groups is 1. The molecule has 0 aliphatic carbocycles. The number of hydrogen-bond acceptors (Lipinski definition) is 4. The van der Waals surface area contributed by atoms with E-state index in [0.29, 0.717) is 5.25 Å². The molecule has 0 radical (unpaired) electrons. The highest BCUT2D eigenvalue weighted by Crippen LogP contribution is 2.40. The monoisotopic (exact) mass is 264 g/mol. The molecule has 0 amide bonds. The molecule has 0 saturated carbocycles. The van der Waals surface area contributed by atoms with Gasteiger partial charge in [-0.05, 0) is 18.6 Å². The fourth-order valence-electron chi connectivity index (χ4n) is 2.30. The summed E-state index contributed by atoms with van der Waals surface area (Å²) in [7, 11) is 3.29. The van der Waals surface area contributed by atoms with Crippen molar-refractivity contribution < 1.29 is 9.47 Å². The second-order valence-corrected chi connectivity index (χ2v) is 5.66. The van der Waals surface area contributed by atoms with E-state index in [-0.39, 0.29) is 0 Å². The van der Waals surface area contributed by atoms with E-state index in [1.165, 1.54) is 18.6 Å². The van der Waals surface area contributed by atoms with Crippen LogP contribution < -0.4 is 9.47 Å². The van der Waals surface area contributed by atoms with Crippen molar-refractivity contribution in [2.75, 3.05) is 20.0 Å². The molecule has 18 heavy (non-hydrogen) atoms. The maximum Gasteiger partial charge on any atom is 0.163 e. The van der Waals surface area contributed by atoms with Gasteiger partial charge in [-0.15, -0.1) is 0 Å². The van der Waals surface area contributed by atoms with Gasteiger partial charge in [0, 0.05) is 12.1 Å². The number of methoxy groups -OCH3 is 2. The van der Waals surface area contributed by atoms with Crippen molar-refractivity contribution in [1.29, 1.82) is 0 Å². The van der Waals surface area contributed by atoms with Crippen LogP contribution in [0.3, 0.4) is 0 Å². The van der Waals surface area contributed by atoms with Crippen LogP contribution in [0.2, 0.25) is 0 Å². The number of fused-ring (bicyclic) bond motifs is 1. The van der Waals surface area contributed by atoms with Crippen molar-refractivity contribution in [3.63, 3.8) is 0 Å². The van der Waals surface area contributed by atoms with Crippen molar-refractivity contribution in [2.45, 2.75) is 18.1 Å². The Hall–Kier alpha value is -1.36. The van der Waals surface area contributed by atoms with Crippen LogP contribution in [0.1, 0.15) is 23.9 Å². The molecule has 3 rings (SSSR count). The van der Waals surface area contributed by atoms with E-state index >= 15 is 0 Å². The standard InChI is InChI=1S/C13H16N2O2S/c1-16-10-6-8-9(7-11(10)17-2)15-13(14-8)12-4-3-5-18-12/h6-7,12H,3-5H2,1-2H3,(H,14,15). The van der Waals surface area contributed by atoms with E-state index in [2.05, 4.69) is 9.97 Å². The highest BCUT2D eigenvalue weighted by molar-refractivity contribution is 7.99. The van der Waals surface area contributed by atoms with Crippen LogP contribution in [0.25, 0.3) is 11.0 Å². The largest absolute Gasteiger partial charge is 0.493 e. The van der Waals surface area contributed by atoms with Crippen LogP contribution in [0.15, 0.2) is 12.1 Å². The van der Waals surface area contributed by atoms with Gasteiger partial charge in [0.15, 0.2) is 11.5 Å². The molecule has 1 unspecified atom stereocenters. The van der Waals surface area contributed by atoms with Gasteiger partial charge in [-0.3, -0.25) is 0 Å². The predicted octanol–water partition coefficient (Wildman–Crippen LogP) is 3.15. The maximum absolute atomic E-state index is 5.30. The number of benzene rings is 1. The molecule has 1 atom stereocenters. The summed E-state index contributed by atoms with van der Waals surface area (Å²) >= 11 is 1.97. The number of hydrogen-bond donors (Lipinski definition) is 1. The zero-order valence-corrected chi connectivity index (χ0v) is 11.3. The first kappa shape index (κ1) is 11.7. The fraction of sp³-hybridized carbons (Fsp3) is 0.462. The minimum atomic E-state index is 0.509. The predicted molar refractivity (Wildman–Crippen MR) is 73.6 cm³/mol. The lowest BCUT2D eigenvalue weighted by molar-refractivity contribution is 0.356. The average molecular weight is 264 g/mol. The molecular weight excluding hydrogens is 248 g/mol. The van der Waals surface area contributed by atoms with Gasteiger partial charge in [0.05, 0.1) is 30.5 Å². The number of ether oxygens (including phenoxy) is 2.